The van der Waals surface area contributed by atoms with Crippen molar-refractivity contribution >= 4 is 35.0 Å². The zero-order valence-electron chi connectivity index (χ0n) is 31.0. The molecule has 0 saturated carbocycles. The number of esters is 2. The van der Waals surface area contributed by atoms with Crippen LogP contribution in [0.1, 0.15) is 151 Å². The van der Waals surface area contributed by atoms with E-state index in [1.165, 1.54) is 63.8 Å². The van der Waals surface area contributed by atoms with Crippen LogP contribution in [0.2, 0.25) is 0 Å². The van der Waals surface area contributed by atoms with Crippen molar-refractivity contribution < 1.29 is 28.7 Å². The average Bonchev–Trinajstić information content (AvgIpc) is 3.14. The summed E-state index contributed by atoms with van der Waals surface area (Å²) in [5.74, 6) is -0.453. The SMILES string of the molecule is CCCCCCCCCC(=O)[C@H](C)OC(=O)c1ccc(N2CCN(c3cncc(C(=O)O[C@@H](C)C(=O)CCCCCCCCC)c3)CC2)nc1. The molecule has 1 fully saturated rings. The van der Waals surface area contributed by atoms with Gasteiger partial charge in [0.2, 0.25) is 0 Å². The van der Waals surface area contributed by atoms with Gasteiger partial charge in [0, 0.05) is 51.4 Å². The fraction of sp³-hybridized carbons (Fsp3) is 0.650. The minimum Gasteiger partial charge on any atom is -0.451 e. The smallest absolute Gasteiger partial charge is 0.340 e. The van der Waals surface area contributed by atoms with Crippen LogP contribution in [-0.4, -0.2) is 71.9 Å². The molecule has 0 spiro atoms. The first-order valence-corrected chi connectivity index (χ1v) is 19.1. The topological polar surface area (TPSA) is 119 Å². The van der Waals surface area contributed by atoms with E-state index < -0.39 is 24.1 Å². The number of piperazine rings is 1. The molecule has 50 heavy (non-hydrogen) atoms. The number of aromatic nitrogens is 2. The first-order chi connectivity index (χ1) is 24.2. The van der Waals surface area contributed by atoms with Crippen LogP contribution < -0.4 is 9.80 Å². The normalized spacial score (nSPS) is 14.2. The molecule has 1 saturated heterocycles. The Morgan fingerprint density at radius 1 is 0.620 bits per heavy atom. The Kier molecular flexibility index (Phi) is 18.5. The van der Waals surface area contributed by atoms with E-state index in [9.17, 15) is 19.2 Å². The van der Waals surface area contributed by atoms with Crippen molar-refractivity contribution in [2.45, 2.75) is 143 Å². The number of anilines is 2. The number of unbranched alkanes of at least 4 members (excludes halogenated alkanes) is 12. The van der Waals surface area contributed by atoms with Crippen molar-refractivity contribution in [1.29, 1.82) is 0 Å². The van der Waals surface area contributed by atoms with Gasteiger partial charge >= 0.3 is 11.9 Å². The fourth-order valence-corrected chi connectivity index (χ4v) is 6.11. The van der Waals surface area contributed by atoms with Gasteiger partial charge in [0.1, 0.15) is 5.82 Å². The fourth-order valence-electron chi connectivity index (χ4n) is 6.11. The molecule has 0 bridgehead atoms. The Bertz CT molecular complexity index is 1330. The zero-order valence-corrected chi connectivity index (χ0v) is 31.0. The number of hydrogen-bond donors (Lipinski definition) is 0. The molecule has 3 rings (SSSR count). The van der Waals surface area contributed by atoms with Gasteiger partial charge in [-0.2, -0.15) is 0 Å². The minimum atomic E-state index is -0.791. The highest BCUT2D eigenvalue weighted by atomic mass is 16.5. The molecule has 0 amide bonds. The molecule has 2 aromatic rings. The van der Waals surface area contributed by atoms with Crippen molar-refractivity contribution in [3.8, 4) is 0 Å². The summed E-state index contributed by atoms with van der Waals surface area (Å²) in [4.78, 5) is 63.6. The molecule has 0 N–H and O–H groups in total. The van der Waals surface area contributed by atoms with Gasteiger partial charge in [0.05, 0.1) is 23.0 Å². The van der Waals surface area contributed by atoms with E-state index in [-0.39, 0.29) is 11.6 Å². The maximum Gasteiger partial charge on any atom is 0.340 e. The van der Waals surface area contributed by atoms with Crippen LogP contribution in [0.4, 0.5) is 11.5 Å². The average molecular weight is 693 g/mol. The lowest BCUT2D eigenvalue weighted by atomic mass is 10.1. The monoisotopic (exact) mass is 692 g/mol. The number of carbonyl (C=O) groups is 4. The molecule has 3 heterocycles. The molecule has 0 aromatic carbocycles. The minimum absolute atomic E-state index is 0.0502. The summed E-state index contributed by atoms with van der Waals surface area (Å²) < 4.78 is 11.0. The van der Waals surface area contributed by atoms with Gasteiger partial charge in [-0.25, -0.2) is 14.6 Å². The van der Waals surface area contributed by atoms with E-state index >= 15 is 0 Å². The molecule has 2 atom stereocenters. The van der Waals surface area contributed by atoms with Crippen LogP contribution in [0.5, 0.6) is 0 Å². The molecule has 10 heteroatoms. The molecule has 0 unspecified atom stereocenters. The van der Waals surface area contributed by atoms with Crippen molar-refractivity contribution in [3.05, 3.63) is 47.9 Å². The van der Waals surface area contributed by atoms with Crippen molar-refractivity contribution in [1.82, 2.24) is 9.97 Å². The highest BCUT2D eigenvalue weighted by molar-refractivity contribution is 5.93. The van der Waals surface area contributed by atoms with Gasteiger partial charge in [-0.1, -0.05) is 90.9 Å². The quantitative estimate of drug-likeness (QED) is 0.0785. The predicted octanol–water partition coefficient (Wildman–Crippen LogP) is 8.31. The third-order valence-electron chi connectivity index (χ3n) is 9.44. The predicted molar refractivity (Wildman–Crippen MR) is 198 cm³/mol. The molecular weight excluding hydrogens is 632 g/mol. The summed E-state index contributed by atoms with van der Waals surface area (Å²) in [6, 6.07) is 5.24. The first kappa shape index (κ1) is 40.6. The van der Waals surface area contributed by atoms with Gasteiger partial charge in [-0.3, -0.25) is 14.6 Å². The largest absolute Gasteiger partial charge is 0.451 e. The number of rotatable bonds is 24. The Labute approximate surface area is 299 Å². The van der Waals surface area contributed by atoms with Gasteiger partial charge in [0.15, 0.2) is 23.8 Å². The number of ether oxygens (including phenoxy) is 2. The van der Waals surface area contributed by atoms with Crippen molar-refractivity contribution in [2.75, 3.05) is 36.0 Å². The highest BCUT2D eigenvalue weighted by Gasteiger charge is 2.23. The number of nitrogens with zero attached hydrogens (tertiary/aromatic N) is 4. The number of pyridine rings is 2. The third-order valence-corrected chi connectivity index (χ3v) is 9.44. The van der Waals surface area contributed by atoms with Crippen LogP contribution in [0.3, 0.4) is 0 Å². The molecule has 276 valence electrons. The summed E-state index contributed by atoms with van der Waals surface area (Å²) in [6.07, 6.45) is 19.8. The molecule has 1 aliphatic rings. The summed E-state index contributed by atoms with van der Waals surface area (Å²) >= 11 is 0. The Hall–Kier alpha value is -3.82. The van der Waals surface area contributed by atoms with Crippen LogP contribution in [0, 0.1) is 0 Å². The van der Waals surface area contributed by atoms with E-state index in [2.05, 4.69) is 33.6 Å². The third kappa shape index (κ3) is 14.2. The number of carbonyl (C=O) groups excluding carboxylic acids is 4. The maximum absolute atomic E-state index is 12.9. The zero-order chi connectivity index (χ0) is 36.1. The number of ketones is 2. The van der Waals surface area contributed by atoms with Crippen LogP contribution in [0.15, 0.2) is 36.8 Å². The second kappa shape index (κ2) is 22.8. The summed E-state index contributed by atoms with van der Waals surface area (Å²) in [5, 5.41) is 0. The number of hydrogen-bond acceptors (Lipinski definition) is 10. The van der Waals surface area contributed by atoms with Gasteiger partial charge in [-0.15, -0.1) is 0 Å². The first-order valence-electron chi connectivity index (χ1n) is 19.1. The van der Waals surface area contributed by atoms with Crippen LogP contribution in [0.25, 0.3) is 0 Å². The molecule has 0 aliphatic carbocycles. The van der Waals surface area contributed by atoms with E-state index in [0.717, 1.165) is 50.0 Å². The standard InChI is InChI=1S/C40H60N4O6/c1-5-7-9-11-13-15-17-19-36(45)31(3)49-39(47)33-21-22-38(42-29-33)44-25-23-43(24-26-44)35-27-34(28-41-30-35)40(48)50-32(4)37(46)20-18-16-14-12-10-8-6-2/h21-22,27-32H,5-20,23-26H2,1-4H3/t31-,32-/m0/s1. The second-order valence-electron chi connectivity index (χ2n) is 13.6. The van der Waals surface area contributed by atoms with Crippen molar-refractivity contribution in [2.24, 2.45) is 0 Å². The Morgan fingerprint density at radius 2 is 1.10 bits per heavy atom. The summed E-state index contributed by atoms with van der Waals surface area (Å²) in [6.45, 7) is 10.4. The Balaban J connectivity index is 1.40. The molecule has 1 aliphatic heterocycles. The lowest BCUT2D eigenvalue weighted by molar-refractivity contribution is -0.127. The summed E-state index contributed by atoms with van der Waals surface area (Å²) in [7, 11) is 0. The molecule has 0 radical (unpaired) electrons. The van der Waals surface area contributed by atoms with Gasteiger partial charge < -0.3 is 19.3 Å². The van der Waals surface area contributed by atoms with E-state index in [1.807, 2.05) is 0 Å². The maximum atomic E-state index is 12.9. The van der Waals surface area contributed by atoms with E-state index in [4.69, 9.17) is 9.47 Å². The molecule has 2 aromatic heterocycles. The van der Waals surface area contributed by atoms with Crippen molar-refractivity contribution in [3.63, 3.8) is 0 Å². The summed E-state index contributed by atoms with van der Waals surface area (Å²) in [5.41, 5.74) is 1.44. The van der Waals surface area contributed by atoms with E-state index in [0.29, 0.717) is 50.1 Å². The Morgan fingerprint density at radius 3 is 1.60 bits per heavy atom. The van der Waals surface area contributed by atoms with Crippen LogP contribution in [-0.2, 0) is 19.1 Å². The van der Waals surface area contributed by atoms with E-state index in [1.54, 1.807) is 38.2 Å². The molecule has 10 nitrogen and oxygen atoms in total. The lowest BCUT2D eigenvalue weighted by Crippen LogP contribution is -2.47. The van der Waals surface area contributed by atoms with Gasteiger partial charge in [-0.05, 0) is 44.9 Å². The second-order valence-corrected chi connectivity index (χ2v) is 13.6. The lowest BCUT2D eigenvalue weighted by Gasteiger charge is -2.36. The number of Topliss-reactive ketones (excluding diaryl/α,β-unsaturated/α-hetero) is 2. The van der Waals surface area contributed by atoms with Gasteiger partial charge in [0.25, 0.3) is 0 Å². The van der Waals surface area contributed by atoms with Crippen LogP contribution >= 0.6 is 0 Å². The molecular formula is C40H60N4O6. The highest BCUT2D eigenvalue weighted by Crippen LogP contribution is 2.21.